The summed E-state index contributed by atoms with van der Waals surface area (Å²) in [6, 6.07) is 4.34. The number of carbonyl (C=O) groups is 1. The van der Waals surface area contributed by atoms with E-state index < -0.39 is 16.7 Å². The summed E-state index contributed by atoms with van der Waals surface area (Å²) in [7, 11) is 0. The zero-order valence-electron chi connectivity index (χ0n) is 15.1. The van der Waals surface area contributed by atoms with Crippen LogP contribution >= 0.6 is 0 Å². The number of nitrogens with one attached hydrogen (secondary N) is 2. The number of anilines is 2. The van der Waals surface area contributed by atoms with Crippen LogP contribution in [0.4, 0.5) is 17.5 Å². The molecular weight excluding hydrogens is 352 g/mol. The molecular formula is C17H22N6O4. The Morgan fingerprint density at radius 3 is 2.74 bits per heavy atom. The van der Waals surface area contributed by atoms with Gasteiger partial charge in [-0.1, -0.05) is 0 Å². The van der Waals surface area contributed by atoms with Gasteiger partial charge in [-0.05, 0) is 32.3 Å². The number of nitro groups is 1. The van der Waals surface area contributed by atoms with Crippen molar-refractivity contribution in [2.45, 2.75) is 26.2 Å². The molecule has 2 aromatic rings. The Bertz CT molecular complexity index is 816. The molecule has 3 rings (SSSR count). The van der Waals surface area contributed by atoms with Crippen LogP contribution < -0.4 is 15.5 Å². The lowest BCUT2D eigenvalue weighted by atomic mass is 10.1. The molecule has 0 aliphatic carbocycles. The number of hydrogen-bond donors (Lipinski definition) is 2. The Balaban J connectivity index is 1.50. The Morgan fingerprint density at radius 2 is 2.04 bits per heavy atom. The molecule has 1 fully saturated rings. The molecule has 1 saturated heterocycles. The van der Waals surface area contributed by atoms with Crippen molar-refractivity contribution in [2.75, 3.05) is 36.4 Å². The molecule has 1 aliphatic heterocycles. The number of hydrogen-bond acceptors (Lipinski definition) is 8. The highest BCUT2D eigenvalue weighted by Gasteiger charge is 2.17. The molecule has 0 bridgehead atoms. The van der Waals surface area contributed by atoms with Crippen molar-refractivity contribution in [3.8, 4) is 0 Å². The first-order chi connectivity index (χ1) is 13.0. The Hall–Kier alpha value is -3.17. The van der Waals surface area contributed by atoms with Crippen LogP contribution in [-0.2, 0) is 0 Å². The standard InChI is InChI=1S/C17H22N6O4/c1-12-20-14(11-15(21-12)22-9-3-2-4-10-22)18-7-8-19-17(24)13-5-6-16(27-13)23(25)26/h5-6,11H,2-4,7-10H2,1H3,(H,19,24)(H,18,20,21). The molecule has 1 amide bonds. The second-order valence-electron chi connectivity index (χ2n) is 6.28. The summed E-state index contributed by atoms with van der Waals surface area (Å²) >= 11 is 0. The SMILES string of the molecule is Cc1nc(NCCNC(=O)c2ccc([N+](=O)[O-])o2)cc(N2CCCCC2)n1. The molecule has 0 radical (unpaired) electrons. The summed E-state index contributed by atoms with van der Waals surface area (Å²) in [5.74, 6) is 1.25. The molecule has 0 saturated carbocycles. The summed E-state index contributed by atoms with van der Waals surface area (Å²) in [5, 5.41) is 16.4. The van der Waals surface area contributed by atoms with Gasteiger partial charge in [-0.3, -0.25) is 14.9 Å². The molecule has 1 aliphatic rings. The largest absolute Gasteiger partial charge is 0.433 e. The third-order valence-corrected chi connectivity index (χ3v) is 4.22. The summed E-state index contributed by atoms with van der Waals surface area (Å²) in [6.07, 6.45) is 3.59. The fourth-order valence-corrected chi connectivity index (χ4v) is 2.93. The maximum Gasteiger partial charge on any atom is 0.433 e. The van der Waals surface area contributed by atoms with Gasteiger partial charge in [0.15, 0.2) is 5.76 Å². The van der Waals surface area contributed by atoms with E-state index in [4.69, 9.17) is 4.42 Å². The fourth-order valence-electron chi connectivity index (χ4n) is 2.93. The smallest absolute Gasteiger partial charge is 0.395 e. The molecule has 0 aromatic carbocycles. The quantitative estimate of drug-likeness (QED) is 0.429. The lowest BCUT2D eigenvalue weighted by Crippen LogP contribution is -2.31. The van der Waals surface area contributed by atoms with Crippen LogP contribution in [0.25, 0.3) is 0 Å². The first-order valence-corrected chi connectivity index (χ1v) is 8.90. The number of aryl methyl sites for hydroxylation is 1. The van der Waals surface area contributed by atoms with Crippen molar-refractivity contribution < 1.29 is 14.1 Å². The highest BCUT2D eigenvalue weighted by molar-refractivity contribution is 5.91. The van der Waals surface area contributed by atoms with E-state index in [2.05, 4.69) is 25.5 Å². The van der Waals surface area contributed by atoms with Gasteiger partial charge in [0.25, 0.3) is 5.91 Å². The van der Waals surface area contributed by atoms with E-state index in [1.54, 1.807) is 0 Å². The van der Waals surface area contributed by atoms with Gasteiger partial charge in [0.05, 0.1) is 6.07 Å². The molecule has 0 spiro atoms. The van der Waals surface area contributed by atoms with Crippen molar-refractivity contribution >= 4 is 23.4 Å². The molecule has 10 nitrogen and oxygen atoms in total. The number of carbonyl (C=O) groups excluding carboxylic acids is 1. The van der Waals surface area contributed by atoms with E-state index in [1.807, 2.05) is 13.0 Å². The zero-order valence-corrected chi connectivity index (χ0v) is 15.1. The second-order valence-corrected chi connectivity index (χ2v) is 6.28. The summed E-state index contributed by atoms with van der Waals surface area (Å²) in [6.45, 7) is 4.62. The van der Waals surface area contributed by atoms with Crippen LogP contribution in [0.15, 0.2) is 22.6 Å². The van der Waals surface area contributed by atoms with Crippen molar-refractivity contribution in [2.24, 2.45) is 0 Å². The fraction of sp³-hybridized carbons (Fsp3) is 0.471. The minimum Gasteiger partial charge on any atom is -0.395 e. The van der Waals surface area contributed by atoms with Crippen LogP contribution in [0.3, 0.4) is 0 Å². The Labute approximate surface area is 156 Å². The van der Waals surface area contributed by atoms with Gasteiger partial charge in [-0.15, -0.1) is 0 Å². The molecule has 0 atom stereocenters. The lowest BCUT2D eigenvalue weighted by Gasteiger charge is -2.28. The van der Waals surface area contributed by atoms with E-state index >= 15 is 0 Å². The predicted octanol–water partition coefficient (Wildman–Crippen LogP) is 2.12. The van der Waals surface area contributed by atoms with Crippen LogP contribution in [0, 0.1) is 17.0 Å². The molecule has 2 N–H and O–H groups in total. The summed E-state index contributed by atoms with van der Waals surface area (Å²) in [5.41, 5.74) is 0. The number of aromatic nitrogens is 2. The number of nitrogens with zero attached hydrogens (tertiary/aromatic N) is 4. The van der Waals surface area contributed by atoms with E-state index in [0.717, 1.165) is 25.0 Å². The summed E-state index contributed by atoms with van der Waals surface area (Å²) < 4.78 is 4.86. The van der Waals surface area contributed by atoms with Crippen LogP contribution in [-0.4, -0.2) is 47.0 Å². The molecule has 0 unspecified atom stereocenters. The minimum absolute atomic E-state index is 0.0908. The molecule has 144 valence electrons. The summed E-state index contributed by atoms with van der Waals surface area (Å²) in [4.78, 5) is 33.0. The minimum atomic E-state index is -0.685. The van der Waals surface area contributed by atoms with Crippen LogP contribution in [0.1, 0.15) is 35.6 Å². The normalized spacial score (nSPS) is 14.0. The van der Waals surface area contributed by atoms with E-state index in [-0.39, 0.29) is 5.76 Å². The van der Waals surface area contributed by atoms with Crippen LogP contribution in [0.5, 0.6) is 0 Å². The lowest BCUT2D eigenvalue weighted by molar-refractivity contribution is -0.402. The molecule has 27 heavy (non-hydrogen) atoms. The number of furan rings is 1. The number of rotatable bonds is 7. The van der Waals surface area contributed by atoms with Gasteiger partial charge in [-0.2, -0.15) is 0 Å². The molecule has 10 heteroatoms. The van der Waals surface area contributed by atoms with Crippen molar-refractivity contribution in [1.29, 1.82) is 0 Å². The van der Waals surface area contributed by atoms with Crippen molar-refractivity contribution in [3.05, 3.63) is 39.9 Å². The van der Waals surface area contributed by atoms with Gasteiger partial charge >= 0.3 is 5.88 Å². The third kappa shape index (κ3) is 4.93. The van der Waals surface area contributed by atoms with Gasteiger partial charge < -0.3 is 20.0 Å². The highest BCUT2D eigenvalue weighted by Crippen LogP contribution is 2.20. The molecule has 3 heterocycles. The first-order valence-electron chi connectivity index (χ1n) is 8.90. The van der Waals surface area contributed by atoms with E-state index in [1.165, 1.54) is 25.3 Å². The third-order valence-electron chi connectivity index (χ3n) is 4.22. The predicted molar refractivity (Wildman–Crippen MR) is 99.0 cm³/mol. The number of piperidine rings is 1. The van der Waals surface area contributed by atoms with E-state index in [9.17, 15) is 14.9 Å². The molecule has 2 aromatic heterocycles. The average Bonchev–Trinajstić information content (AvgIpc) is 3.16. The Morgan fingerprint density at radius 1 is 1.26 bits per heavy atom. The Kier molecular flexibility index (Phi) is 5.84. The topological polar surface area (TPSA) is 126 Å². The second kappa shape index (κ2) is 8.47. The van der Waals surface area contributed by atoms with Gasteiger partial charge in [0.2, 0.25) is 0 Å². The maximum atomic E-state index is 11.9. The highest BCUT2D eigenvalue weighted by atomic mass is 16.6. The first kappa shape index (κ1) is 18.6. The van der Waals surface area contributed by atoms with Gasteiger partial charge in [0.1, 0.15) is 22.4 Å². The van der Waals surface area contributed by atoms with E-state index in [0.29, 0.717) is 24.7 Å². The van der Waals surface area contributed by atoms with Crippen molar-refractivity contribution in [3.63, 3.8) is 0 Å². The van der Waals surface area contributed by atoms with Gasteiger partial charge in [-0.25, -0.2) is 9.97 Å². The van der Waals surface area contributed by atoms with Gasteiger partial charge in [0, 0.05) is 32.2 Å². The maximum absolute atomic E-state index is 11.9. The number of amides is 1. The zero-order chi connectivity index (χ0) is 19.2. The monoisotopic (exact) mass is 374 g/mol. The average molecular weight is 374 g/mol. The van der Waals surface area contributed by atoms with Crippen LogP contribution in [0.2, 0.25) is 0 Å². The van der Waals surface area contributed by atoms with Crippen molar-refractivity contribution in [1.82, 2.24) is 15.3 Å².